The molecule has 1 aliphatic rings. The molecule has 1 aliphatic heterocycles. The fourth-order valence-electron chi connectivity index (χ4n) is 3.14. The standard InChI is InChI=1S/C21H35N5O2.HI/c1-5-23-21(24-14-17(3)28-19-8-6-16(2)7-9-19)25-18-10-12-26(13-11-18)15-20(27)22-4;/h6-9,17-18H,5,10-15H2,1-4H3,(H,22,27)(H2,23,24,25);1H. The average Bonchev–Trinajstić information content (AvgIpc) is 2.69. The first-order valence-corrected chi connectivity index (χ1v) is 10.2. The molecule has 7 nitrogen and oxygen atoms in total. The lowest BCUT2D eigenvalue weighted by atomic mass is 10.1. The minimum Gasteiger partial charge on any atom is -0.489 e. The van der Waals surface area contributed by atoms with Gasteiger partial charge in [0.2, 0.25) is 5.91 Å². The number of aliphatic imine (C=N–C) groups is 1. The minimum atomic E-state index is -0.00688. The van der Waals surface area contributed by atoms with Crippen molar-refractivity contribution in [3.05, 3.63) is 29.8 Å². The lowest BCUT2D eigenvalue weighted by Crippen LogP contribution is -2.50. The first-order chi connectivity index (χ1) is 13.5. The Hall–Kier alpha value is -1.55. The molecule has 0 aliphatic carbocycles. The fraction of sp³-hybridized carbons (Fsp3) is 0.619. The number of nitrogens with zero attached hydrogens (tertiary/aromatic N) is 2. The molecule has 1 unspecified atom stereocenters. The molecule has 8 heteroatoms. The molecule has 1 aromatic rings. The van der Waals surface area contributed by atoms with Crippen LogP contribution in [0.15, 0.2) is 29.3 Å². The molecule has 0 bridgehead atoms. The summed E-state index contributed by atoms with van der Waals surface area (Å²) in [4.78, 5) is 18.4. The highest BCUT2D eigenvalue weighted by Crippen LogP contribution is 2.13. The maximum absolute atomic E-state index is 11.5. The van der Waals surface area contributed by atoms with Gasteiger partial charge in [-0.05, 0) is 45.7 Å². The number of aryl methyl sites for hydroxylation is 1. The van der Waals surface area contributed by atoms with E-state index in [2.05, 4.69) is 34.7 Å². The quantitative estimate of drug-likeness (QED) is 0.280. The largest absolute Gasteiger partial charge is 0.489 e. The number of likely N-dealkylation sites (N-methyl/N-ethyl adjacent to an activating group) is 1. The Labute approximate surface area is 192 Å². The third-order valence-corrected chi connectivity index (χ3v) is 4.78. The SMILES string of the molecule is CCNC(=NCC(C)Oc1ccc(C)cc1)NC1CCN(CC(=O)NC)CC1.I. The summed E-state index contributed by atoms with van der Waals surface area (Å²) >= 11 is 0. The van der Waals surface area contributed by atoms with Gasteiger partial charge in [-0.2, -0.15) is 0 Å². The number of carbonyl (C=O) groups is 1. The third-order valence-electron chi connectivity index (χ3n) is 4.78. The zero-order valence-electron chi connectivity index (χ0n) is 18.0. The van der Waals surface area contributed by atoms with E-state index < -0.39 is 0 Å². The number of piperidine rings is 1. The molecule has 29 heavy (non-hydrogen) atoms. The van der Waals surface area contributed by atoms with Gasteiger partial charge in [0.1, 0.15) is 11.9 Å². The van der Waals surface area contributed by atoms with Crippen molar-refractivity contribution in [1.29, 1.82) is 0 Å². The summed E-state index contributed by atoms with van der Waals surface area (Å²) < 4.78 is 5.94. The van der Waals surface area contributed by atoms with Crippen molar-refractivity contribution in [2.45, 2.75) is 45.8 Å². The van der Waals surface area contributed by atoms with Crippen LogP contribution in [0.2, 0.25) is 0 Å². The number of halogens is 1. The number of carbonyl (C=O) groups excluding carboxylic acids is 1. The highest BCUT2D eigenvalue weighted by molar-refractivity contribution is 14.0. The Morgan fingerprint density at radius 3 is 2.52 bits per heavy atom. The topological polar surface area (TPSA) is 78.0 Å². The van der Waals surface area contributed by atoms with Crippen LogP contribution in [-0.4, -0.2) is 68.7 Å². The van der Waals surface area contributed by atoms with Gasteiger partial charge in [-0.15, -0.1) is 24.0 Å². The van der Waals surface area contributed by atoms with E-state index in [4.69, 9.17) is 9.73 Å². The van der Waals surface area contributed by atoms with E-state index >= 15 is 0 Å². The normalized spacial score (nSPS) is 16.5. The third kappa shape index (κ3) is 9.66. The second-order valence-corrected chi connectivity index (χ2v) is 7.33. The van der Waals surface area contributed by atoms with Crippen LogP contribution in [0.4, 0.5) is 0 Å². The first kappa shape index (κ1) is 25.5. The van der Waals surface area contributed by atoms with Crippen molar-refractivity contribution in [2.24, 2.45) is 4.99 Å². The number of hydrogen-bond acceptors (Lipinski definition) is 4. The molecule has 0 spiro atoms. The van der Waals surface area contributed by atoms with Crippen molar-refractivity contribution in [2.75, 3.05) is 39.8 Å². The van der Waals surface area contributed by atoms with Crippen LogP contribution in [0.25, 0.3) is 0 Å². The number of rotatable bonds is 8. The molecule has 3 N–H and O–H groups in total. The molecule has 1 atom stereocenters. The van der Waals surface area contributed by atoms with Gasteiger partial charge in [0.25, 0.3) is 0 Å². The summed E-state index contributed by atoms with van der Waals surface area (Å²) in [5.74, 6) is 1.77. The minimum absolute atomic E-state index is 0. The van der Waals surface area contributed by atoms with E-state index in [-0.39, 0.29) is 36.0 Å². The van der Waals surface area contributed by atoms with E-state index in [0.29, 0.717) is 19.1 Å². The van der Waals surface area contributed by atoms with Gasteiger partial charge in [-0.1, -0.05) is 17.7 Å². The van der Waals surface area contributed by atoms with E-state index in [9.17, 15) is 4.79 Å². The average molecular weight is 517 g/mol. The van der Waals surface area contributed by atoms with Gasteiger partial charge in [-0.25, -0.2) is 4.99 Å². The number of amides is 1. The molecule has 0 radical (unpaired) electrons. The maximum Gasteiger partial charge on any atom is 0.233 e. The predicted molar refractivity (Wildman–Crippen MR) is 129 cm³/mol. The summed E-state index contributed by atoms with van der Waals surface area (Å²) in [5, 5.41) is 9.52. The van der Waals surface area contributed by atoms with E-state index in [0.717, 1.165) is 44.2 Å². The highest BCUT2D eigenvalue weighted by atomic mass is 127. The second-order valence-electron chi connectivity index (χ2n) is 7.33. The molecule has 1 heterocycles. The Bertz CT molecular complexity index is 630. The molecular formula is C21H36IN5O2. The molecule has 1 fully saturated rings. The van der Waals surface area contributed by atoms with Gasteiger partial charge in [0, 0.05) is 32.7 Å². The Morgan fingerprint density at radius 1 is 1.28 bits per heavy atom. The number of nitrogens with one attached hydrogen (secondary N) is 3. The zero-order chi connectivity index (χ0) is 20.4. The number of ether oxygens (including phenoxy) is 1. The van der Waals surface area contributed by atoms with Crippen LogP contribution in [0.1, 0.15) is 32.3 Å². The van der Waals surface area contributed by atoms with Crippen LogP contribution in [-0.2, 0) is 4.79 Å². The molecule has 1 amide bonds. The number of benzene rings is 1. The van der Waals surface area contributed by atoms with Crippen LogP contribution in [0.5, 0.6) is 5.75 Å². The Kier molecular flexibility index (Phi) is 12.0. The number of guanidine groups is 1. The van der Waals surface area contributed by atoms with Gasteiger partial charge in [0.05, 0.1) is 13.1 Å². The monoisotopic (exact) mass is 517 g/mol. The molecule has 164 valence electrons. The van der Waals surface area contributed by atoms with Gasteiger partial charge >= 0.3 is 0 Å². The van der Waals surface area contributed by atoms with E-state index in [1.807, 2.05) is 31.2 Å². The summed E-state index contributed by atoms with van der Waals surface area (Å²) in [5.41, 5.74) is 1.22. The van der Waals surface area contributed by atoms with Crippen LogP contribution in [0, 0.1) is 6.92 Å². The molecule has 1 saturated heterocycles. The smallest absolute Gasteiger partial charge is 0.233 e. The maximum atomic E-state index is 11.5. The zero-order valence-corrected chi connectivity index (χ0v) is 20.4. The number of likely N-dealkylation sites (tertiary alicyclic amines) is 1. The van der Waals surface area contributed by atoms with Crippen molar-refractivity contribution in [1.82, 2.24) is 20.9 Å². The van der Waals surface area contributed by atoms with Crippen LogP contribution in [0.3, 0.4) is 0 Å². The van der Waals surface area contributed by atoms with Gasteiger partial charge in [-0.3, -0.25) is 9.69 Å². The molecule has 0 aromatic heterocycles. The van der Waals surface area contributed by atoms with E-state index in [1.54, 1.807) is 7.05 Å². The van der Waals surface area contributed by atoms with Crippen molar-refractivity contribution >= 4 is 35.8 Å². The molecule has 1 aromatic carbocycles. The Morgan fingerprint density at radius 2 is 1.93 bits per heavy atom. The Balaban J connectivity index is 0.00000420. The van der Waals surface area contributed by atoms with Gasteiger partial charge in [0.15, 0.2) is 5.96 Å². The number of hydrogen-bond donors (Lipinski definition) is 3. The summed E-state index contributed by atoms with van der Waals surface area (Å²) in [7, 11) is 1.68. The second kappa shape index (κ2) is 13.6. The fourth-order valence-corrected chi connectivity index (χ4v) is 3.14. The van der Waals surface area contributed by atoms with Crippen molar-refractivity contribution < 1.29 is 9.53 Å². The van der Waals surface area contributed by atoms with Crippen LogP contribution >= 0.6 is 24.0 Å². The summed E-state index contributed by atoms with van der Waals surface area (Å²) in [6.45, 7) is 9.86. The summed E-state index contributed by atoms with van der Waals surface area (Å²) in [6, 6.07) is 8.45. The molecule has 0 saturated carbocycles. The first-order valence-electron chi connectivity index (χ1n) is 10.2. The molecular weight excluding hydrogens is 481 g/mol. The van der Waals surface area contributed by atoms with Crippen molar-refractivity contribution in [3.63, 3.8) is 0 Å². The van der Waals surface area contributed by atoms with E-state index in [1.165, 1.54) is 5.56 Å². The lowest BCUT2D eigenvalue weighted by Gasteiger charge is -2.32. The molecule has 2 rings (SSSR count). The van der Waals surface area contributed by atoms with Crippen molar-refractivity contribution in [3.8, 4) is 5.75 Å². The summed E-state index contributed by atoms with van der Waals surface area (Å²) in [6.07, 6.45) is 1.99. The highest BCUT2D eigenvalue weighted by Gasteiger charge is 2.21. The lowest BCUT2D eigenvalue weighted by molar-refractivity contribution is -0.122. The van der Waals surface area contributed by atoms with Gasteiger partial charge < -0.3 is 20.7 Å². The van der Waals surface area contributed by atoms with Crippen LogP contribution < -0.4 is 20.7 Å². The predicted octanol–water partition coefficient (Wildman–Crippen LogP) is 2.15.